The number of aliphatic hydroxyl groups excluding tert-OH is 2. The molecule has 1 aliphatic heterocycles. The first-order valence-corrected chi connectivity index (χ1v) is 12.6. The van der Waals surface area contributed by atoms with Crippen molar-refractivity contribution >= 4 is 0 Å². The molecule has 4 aromatic rings. The summed E-state index contributed by atoms with van der Waals surface area (Å²) in [6.45, 7) is 1.41. The third-order valence-electron chi connectivity index (χ3n) is 7.08. The van der Waals surface area contributed by atoms with Gasteiger partial charge in [-0.2, -0.15) is 0 Å². The Bertz CT molecular complexity index is 1480. The third kappa shape index (κ3) is 4.93. The SMILES string of the molecule is COc1ccc(C(OC[C@H]2O[C@@H](n3cc(C)c(=O)[nH]c3=O)C(O)C2O)(c2ccccc2)c2ccccc2)cc1. The van der Waals surface area contributed by atoms with Gasteiger partial charge in [0, 0.05) is 11.8 Å². The molecular weight excluding hydrogens is 500 g/mol. The number of nitrogens with zero attached hydrogens (tertiary/aromatic N) is 1. The summed E-state index contributed by atoms with van der Waals surface area (Å²) in [5.74, 6) is 0.691. The first-order chi connectivity index (χ1) is 18.8. The Kier molecular flexibility index (Phi) is 7.49. The van der Waals surface area contributed by atoms with Gasteiger partial charge in [0.2, 0.25) is 0 Å². The first-order valence-electron chi connectivity index (χ1n) is 12.6. The molecule has 0 saturated carbocycles. The molecule has 0 radical (unpaired) electrons. The van der Waals surface area contributed by atoms with E-state index in [2.05, 4.69) is 4.98 Å². The molecule has 1 fully saturated rings. The Hall–Kier alpha value is -4.02. The normalized spacial score (nSPS) is 21.1. The van der Waals surface area contributed by atoms with E-state index >= 15 is 0 Å². The maximum Gasteiger partial charge on any atom is 0.330 e. The minimum Gasteiger partial charge on any atom is -0.497 e. The molecule has 0 aliphatic carbocycles. The monoisotopic (exact) mass is 530 g/mol. The number of aromatic nitrogens is 2. The number of nitrogens with one attached hydrogen (secondary N) is 1. The van der Waals surface area contributed by atoms with E-state index in [0.29, 0.717) is 5.75 Å². The van der Waals surface area contributed by atoms with E-state index in [1.807, 2.05) is 84.9 Å². The summed E-state index contributed by atoms with van der Waals surface area (Å²) in [5, 5.41) is 21.7. The van der Waals surface area contributed by atoms with Crippen LogP contribution >= 0.6 is 0 Å². The van der Waals surface area contributed by atoms with E-state index in [4.69, 9.17) is 14.2 Å². The van der Waals surface area contributed by atoms with Gasteiger partial charge in [-0.25, -0.2) is 4.79 Å². The zero-order valence-electron chi connectivity index (χ0n) is 21.6. The topological polar surface area (TPSA) is 123 Å². The lowest BCUT2D eigenvalue weighted by Crippen LogP contribution is -2.40. The van der Waals surface area contributed by atoms with Crippen molar-refractivity contribution in [2.24, 2.45) is 0 Å². The fourth-order valence-electron chi connectivity index (χ4n) is 5.00. The molecule has 202 valence electrons. The van der Waals surface area contributed by atoms with Crippen LogP contribution in [0.25, 0.3) is 0 Å². The van der Waals surface area contributed by atoms with Gasteiger partial charge >= 0.3 is 5.69 Å². The van der Waals surface area contributed by atoms with E-state index in [9.17, 15) is 19.8 Å². The second-order valence-electron chi connectivity index (χ2n) is 9.48. The van der Waals surface area contributed by atoms with E-state index in [1.165, 1.54) is 13.1 Å². The number of hydrogen-bond acceptors (Lipinski definition) is 7. The molecule has 1 saturated heterocycles. The van der Waals surface area contributed by atoms with Crippen molar-refractivity contribution in [2.75, 3.05) is 13.7 Å². The highest BCUT2D eigenvalue weighted by atomic mass is 16.6. The number of hydrogen-bond donors (Lipinski definition) is 3. The van der Waals surface area contributed by atoms with Crippen molar-refractivity contribution in [1.82, 2.24) is 9.55 Å². The number of H-pyrrole nitrogens is 1. The molecule has 0 bridgehead atoms. The fraction of sp³-hybridized carbons (Fsp3) is 0.267. The van der Waals surface area contributed by atoms with Crippen molar-refractivity contribution in [1.29, 1.82) is 0 Å². The molecule has 2 heterocycles. The Labute approximate surface area is 224 Å². The van der Waals surface area contributed by atoms with Gasteiger partial charge in [0.15, 0.2) is 6.23 Å². The molecule has 2 unspecified atom stereocenters. The summed E-state index contributed by atoms with van der Waals surface area (Å²) in [6, 6.07) is 26.9. The zero-order chi connectivity index (χ0) is 27.6. The van der Waals surface area contributed by atoms with Crippen LogP contribution < -0.4 is 16.0 Å². The van der Waals surface area contributed by atoms with Gasteiger partial charge in [-0.1, -0.05) is 72.8 Å². The molecule has 0 spiro atoms. The average Bonchev–Trinajstić information content (AvgIpc) is 3.25. The largest absolute Gasteiger partial charge is 0.497 e. The molecule has 9 heteroatoms. The average molecular weight is 531 g/mol. The summed E-state index contributed by atoms with van der Waals surface area (Å²) in [4.78, 5) is 26.5. The quantitative estimate of drug-likeness (QED) is 0.299. The van der Waals surface area contributed by atoms with Crippen molar-refractivity contribution in [3.63, 3.8) is 0 Å². The van der Waals surface area contributed by atoms with Gasteiger partial charge in [-0.05, 0) is 35.7 Å². The Balaban J connectivity index is 1.54. The smallest absolute Gasteiger partial charge is 0.330 e. The predicted molar refractivity (Wildman–Crippen MR) is 144 cm³/mol. The maximum atomic E-state index is 12.5. The predicted octanol–water partition coefficient (Wildman–Crippen LogP) is 2.48. The van der Waals surface area contributed by atoms with Gasteiger partial charge in [-0.3, -0.25) is 14.3 Å². The summed E-state index contributed by atoms with van der Waals surface area (Å²) in [6.07, 6.45) is -3.66. The van der Waals surface area contributed by atoms with Crippen LogP contribution in [-0.2, 0) is 15.1 Å². The van der Waals surface area contributed by atoms with Crippen LogP contribution in [0.5, 0.6) is 5.75 Å². The lowest BCUT2D eigenvalue weighted by Gasteiger charge is -2.37. The number of methoxy groups -OCH3 is 1. The van der Waals surface area contributed by atoms with Crippen LogP contribution in [-0.4, -0.2) is 51.8 Å². The number of aryl methyl sites for hydroxylation is 1. The molecule has 3 aromatic carbocycles. The van der Waals surface area contributed by atoms with Crippen LogP contribution in [0, 0.1) is 6.92 Å². The second kappa shape index (κ2) is 11.0. The van der Waals surface area contributed by atoms with Crippen LogP contribution in [0.1, 0.15) is 28.5 Å². The van der Waals surface area contributed by atoms with E-state index in [1.54, 1.807) is 7.11 Å². The van der Waals surface area contributed by atoms with Crippen LogP contribution in [0.2, 0.25) is 0 Å². The summed E-state index contributed by atoms with van der Waals surface area (Å²) < 4.78 is 19.2. The number of aromatic amines is 1. The minimum atomic E-state index is -1.43. The number of rotatable bonds is 8. The third-order valence-corrected chi connectivity index (χ3v) is 7.08. The highest BCUT2D eigenvalue weighted by Crippen LogP contribution is 2.42. The molecule has 9 nitrogen and oxygen atoms in total. The lowest BCUT2D eigenvalue weighted by atomic mass is 9.80. The van der Waals surface area contributed by atoms with Crippen molar-refractivity contribution in [2.45, 2.75) is 37.1 Å². The molecule has 5 rings (SSSR count). The minimum absolute atomic E-state index is 0.123. The maximum absolute atomic E-state index is 12.5. The molecule has 1 aliphatic rings. The Morgan fingerprint density at radius 3 is 2.00 bits per heavy atom. The van der Waals surface area contributed by atoms with Gasteiger partial charge in [-0.15, -0.1) is 0 Å². The van der Waals surface area contributed by atoms with Gasteiger partial charge in [0.1, 0.15) is 29.7 Å². The van der Waals surface area contributed by atoms with Crippen LogP contribution in [0.4, 0.5) is 0 Å². The summed E-state index contributed by atoms with van der Waals surface area (Å²) in [7, 11) is 1.60. The van der Waals surface area contributed by atoms with Gasteiger partial charge < -0.3 is 24.4 Å². The van der Waals surface area contributed by atoms with Gasteiger partial charge in [0.25, 0.3) is 5.56 Å². The highest BCUT2D eigenvalue weighted by molar-refractivity contribution is 5.48. The number of benzene rings is 3. The lowest BCUT2D eigenvalue weighted by molar-refractivity contribution is -0.0959. The highest BCUT2D eigenvalue weighted by Gasteiger charge is 2.46. The fourth-order valence-corrected chi connectivity index (χ4v) is 5.00. The summed E-state index contributed by atoms with van der Waals surface area (Å²) in [5.41, 5.74) is 0.399. The second-order valence-corrected chi connectivity index (χ2v) is 9.48. The zero-order valence-corrected chi connectivity index (χ0v) is 21.6. The molecule has 0 amide bonds. The molecule has 1 aromatic heterocycles. The van der Waals surface area contributed by atoms with Crippen molar-refractivity contribution in [3.8, 4) is 5.75 Å². The molecule has 3 N–H and O–H groups in total. The van der Waals surface area contributed by atoms with Gasteiger partial charge in [0.05, 0.1) is 13.7 Å². The van der Waals surface area contributed by atoms with E-state index in [0.717, 1.165) is 21.3 Å². The van der Waals surface area contributed by atoms with E-state index in [-0.39, 0.29) is 12.2 Å². The Morgan fingerprint density at radius 2 is 1.44 bits per heavy atom. The molecule has 39 heavy (non-hydrogen) atoms. The Morgan fingerprint density at radius 1 is 0.872 bits per heavy atom. The first kappa shape index (κ1) is 26.6. The van der Waals surface area contributed by atoms with Crippen LogP contribution in [0.3, 0.4) is 0 Å². The molecule has 4 atom stereocenters. The van der Waals surface area contributed by atoms with Crippen molar-refractivity contribution in [3.05, 3.63) is 134 Å². The standard InChI is InChI=1S/C30H30N2O7/c1-19-17-32(29(36)31-27(19)35)28-26(34)25(33)24(39-28)18-38-30(20-9-5-3-6-10-20,21-11-7-4-8-12-21)22-13-15-23(37-2)16-14-22/h3-17,24-26,28,33-34H,18H2,1-2H3,(H,31,35,36)/t24-,25?,26?,28-/m1/s1. The number of ether oxygens (including phenoxy) is 3. The van der Waals surface area contributed by atoms with Crippen molar-refractivity contribution < 1.29 is 24.4 Å². The number of aliphatic hydroxyl groups is 2. The van der Waals surface area contributed by atoms with Crippen LogP contribution in [0.15, 0.2) is 101 Å². The summed E-state index contributed by atoms with van der Waals surface area (Å²) >= 11 is 0. The van der Waals surface area contributed by atoms with E-state index < -0.39 is 41.4 Å². The molecular formula is C30H30N2O7.